The molecule has 0 saturated carbocycles. The van der Waals surface area contributed by atoms with Gasteiger partial charge in [-0.05, 0) is 56.2 Å². The molecule has 0 spiro atoms. The standard InChI is InChI=1S/C18H18N2O3/c1-12(21)13-4-6-14(7-5-13)19-17-15(22)8-9-16(23)18(17)20-10-2-3-11-20/h4-9,19H,2-3,10-11H2,1H3. The highest BCUT2D eigenvalue weighted by Crippen LogP contribution is 2.24. The van der Waals surface area contributed by atoms with Crippen molar-refractivity contribution in [3.05, 3.63) is 53.4 Å². The Bertz CT molecular complexity index is 723. The maximum absolute atomic E-state index is 12.2. The Kier molecular flexibility index (Phi) is 4.10. The maximum Gasteiger partial charge on any atom is 0.204 e. The van der Waals surface area contributed by atoms with Crippen molar-refractivity contribution in [3.8, 4) is 0 Å². The second-order valence-electron chi connectivity index (χ2n) is 5.74. The molecule has 1 aliphatic carbocycles. The van der Waals surface area contributed by atoms with Crippen molar-refractivity contribution in [1.29, 1.82) is 0 Å². The minimum absolute atomic E-state index is 0.0135. The number of ketones is 3. The lowest BCUT2D eigenvalue weighted by Gasteiger charge is -2.25. The Morgan fingerprint density at radius 2 is 1.61 bits per heavy atom. The van der Waals surface area contributed by atoms with Gasteiger partial charge in [-0.25, -0.2) is 0 Å². The molecule has 1 aromatic rings. The third kappa shape index (κ3) is 3.08. The molecule has 2 aliphatic rings. The van der Waals surface area contributed by atoms with Crippen molar-refractivity contribution < 1.29 is 14.4 Å². The van der Waals surface area contributed by atoms with Gasteiger partial charge in [0, 0.05) is 24.3 Å². The van der Waals surface area contributed by atoms with Crippen LogP contribution in [0, 0.1) is 0 Å². The lowest BCUT2D eigenvalue weighted by Crippen LogP contribution is -2.31. The SMILES string of the molecule is CC(=O)c1ccc(NC2=C(N3CCCC3)C(=O)C=CC2=O)cc1. The minimum atomic E-state index is -0.206. The summed E-state index contributed by atoms with van der Waals surface area (Å²) in [7, 11) is 0. The molecule has 0 bridgehead atoms. The number of benzene rings is 1. The first-order valence-electron chi connectivity index (χ1n) is 7.70. The van der Waals surface area contributed by atoms with Crippen LogP contribution in [0.25, 0.3) is 0 Å². The van der Waals surface area contributed by atoms with Gasteiger partial charge in [-0.2, -0.15) is 0 Å². The van der Waals surface area contributed by atoms with Gasteiger partial charge in [0.15, 0.2) is 5.78 Å². The van der Waals surface area contributed by atoms with Gasteiger partial charge in [-0.15, -0.1) is 0 Å². The summed E-state index contributed by atoms with van der Waals surface area (Å²) in [6, 6.07) is 6.88. The molecular formula is C18H18N2O3. The lowest BCUT2D eigenvalue weighted by molar-refractivity contribution is -0.116. The van der Waals surface area contributed by atoms with Gasteiger partial charge >= 0.3 is 0 Å². The summed E-state index contributed by atoms with van der Waals surface area (Å²) in [6.45, 7) is 3.08. The number of Topliss-reactive ketones (excluding diaryl/α,β-unsaturated/α-hetero) is 1. The van der Waals surface area contributed by atoms with Crippen LogP contribution < -0.4 is 5.32 Å². The smallest absolute Gasteiger partial charge is 0.204 e. The Hall–Kier alpha value is -2.69. The molecule has 1 N–H and O–H groups in total. The highest BCUT2D eigenvalue weighted by atomic mass is 16.1. The van der Waals surface area contributed by atoms with E-state index in [4.69, 9.17) is 0 Å². The minimum Gasteiger partial charge on any atom is -0.367 e. The van der Waals surface area contributed by atoms with Crippen LogP contribution in [0.2, 0.25) is 0 Å². The van der Waals surface area contributed by atoms with Crippen LogP contribution in [-0.4, -0.2) is 35.3 Å². The molecule has 118 valence electrons. The third-order valence-electron chi connectivity index (χ3n) is 4.09. The van der Waals surface area contributed by atoms with E-state index in [2.05, 4.69) is 5.32 Å². The first-order valence-corrected chi connectivity index (χ1v) is 7.70. The van der Waals surface area contributed by atoms with E-state index in [1.54, 1.807) is 24.3 Å². The molecule has 1 fully saturated rings. The number of carbonyl (C=O) groups excluding carboxylic acids is 3. The maximum atomic E-state index is 12.2. The Morgan fingerprint density at radius 3 is 2.22 bits per heavy atom. The predicted octanol–water partition coefficient (Wildman–Crippen LogP) is 2.32. The fourth-order valence-electron chi connectivity index (χ4n) is 2.86. The predicted molar refractivity (Wildman–Crippen MR) is 87.1 cm³/mol. The van der Waals surface area contributed by atoms with Crippen molar-refractivity contribution in [1.82, 2.24) is 4.90 Å². The summed E-state index contributed by atoms with van der Waals surface area (Å²) >= 11 is 0. The summed E-state index contributed by atoms with van der Waals surface area (Å²) in [5.74, 6) is -0.364. The van der Waals surface area contributed by atoms with E-state index in [0.717, 1.165) is 25.9 Å². The molecule has 1 aromatic carbocycles. The Labute approximate surface area is 134 Å². The van der Waals surface area contributed by atoms with Crippen LogP contribution in [0.1, 0.15) is 30.1 Å². The second-order valence-corrected chi connectivity index (χ2v) is 5.74. The monoisotopic (exact) mass is 310 g/mol. The van der Waals surface area contributed by atoms with E-state index in [1.165, 1.54) is 19.1 Å². The number of hydrogen-bond donors (Lipinski definition) is 1. The van der Waals surface area contributed by atoms with Crippen LogP contribution in [0.15, 0.2) is 47.8 Å². The van der Waals surface area contributed by atoms with Gasteiger partial charge < -0.3 is 10.2 Å². The third-order valence-corrected chi connectivity index (χ3v) is 4.09. The number of anilines is 1. The van der Waals surface area contributed by atoms with Gasteiger partial charge in [0.2, 0.25) is 11.6 Å². The average molecular weight is 310 g/mol. The molecule has 3 rings (SSSR count). The Balaban J connectivity index is 1.92. The van der Waals surface area contributed by atoms with E-state index >= 15 is 0 Å². The van der Waals surface area contributed by atoms with Crippen molar-refractivity contribution in [2.24, 2.45) is 0 Å². The van der Waals surface area contributed by atoms with Crippen LogP contribution in [0.5, 0.6) is 0 Å². The van der Waals surface area contributed by atoms with Crippen molar-refractivity contribution in [2.75, 3.05) is 18.4 Å². The highest BCUT2D eigenvalue weighted by molar-refractivity contribution is 6.21. The van der Waals surface area contributed by atoms with Gasteiger partial charge in [0.25, 0.3) is 0 Å². The van der Waals surface area contributed by atoms with Gasteiger partial charge in [0.1, 0.15) is 11.4 Å². The first-order chi connectivity index (χ1) is 11.1. The van der Waals surface area contributed by atoms with Crippen LogP contribution >= 0.6 is 0 Å². The molecular weight excluding hydrogens is 292 g/mol. The van der Waals surface area contributed by atoms with E-state index in [1.807, 2.05) is 4.90 Å². The largest absolute Gasteiger partial charge is 0.367 e. The van der Waals surface area contributed by atoms with E-state index in [0.29, 0.717) is 22.6 Å². The number of rotatable bonds is 4. The zero-order valence-electron chi connectivity index (χ0n) is 13.0. The summed E-state index contributed by atoms with van der Waals surface area (Å²) < 4.78 is 0. The molecule has 5 heteroatoms. The molecule has 0 aromatic heterocycles. The van der Waals surface area contributed by atoms with E-state index < -0.39 is 0 Å². The molecule has 23 heavy (non-hydrogen) atoms. The zero-order chi connectivity index (χ0) is 16.4. The number of likely N-dealkylation sites (tertiary alicyclic amines) is 1. The molecule has 1 saturated heterocycles. The fourth-order valence-corrected chi connectivity index (χ4v) is 2.86. The molecule has 1 heterocycles. The summed E-state index contributed by atoms with van der Waals surface area (Å²) in [5, 5.41) is 3.06. The van der Waals surface area contributed by atoms with Crippen molar-refractivity contribution >= 4 is 23.0 Å². The molecule has 0 unspecified atom stereocenters. The van der Waals surface area contributed by atoms with Gasteiger partial charge in [-0.1, -0.05) is 0 Å². The topological polar surface area (TPSA) is 66.5 Å². The normalized spacial score (nSPS) is 17.9. The molecule has 0 radical (unpaired) electrons. The van der Waals surface area contributed by atoms with Crippen LogP contribution in [-0.2, 0) is 9.59 Å². The molecule has 1 aliphatic heterocycles. The average Bonchev–Trinajstić information content (AvgIpc) is 3.05. The van der Waals surface area contributed by atoms with Crippen LogP contribution in [0.4, 0.5) is 5.69 Å². The van der Waals surface area contributed by atoms with Crippen LogP contribution in [0.3, 0.4) is 0 Å². The zero-order valence-corrected chi connectivity index (χ0v) is 13.0. The van der Waals surface area contributed by atoms with Crippen molar-refractivity contribution in [2.45, 2.75) is 19.8 Å². The quantitative estimate of drug-likeness (QED) is 0.683. The van der Waals surface area contributed by atoms with E-state index in [9.17, 15) is 14.4 Å². The summed E-state index contributed by atoms with van der Waals surface area (Å²) in [4.78, 5) is 37.8. The summed E-state index contributed by atoms with van der Waals surface area (Å²) in [5.41, 5.74) is 2.05. The van der Waals surface area contributed by atoms with E-state index in [-0.39, 0.29) is 17.3 Å². The number of hydrogen-bond acceptors (Lipinski definition) is 5. The molecule has 0 amide bonds. The summed E-state index contributed by atoms with van der Waals surface area (Å²) in [6.07, 6.45) is 4.68. The lowest BCUT2D eigenvalue weighted by atomic mass is 10.0. The van der Waals surface area contributed by atoms with Gasteiger partial charge in [0.05, 0.1) is 0 Å². The van der Waals surface area contributed by atoms with Gasteiger partial charge in [-0.3, -0.25) is 14.4 Å². The fraction of sp³-hybridized carbons (Fsp3) is 0.278. The molecule has 0 atom stereocenters. The Morgan fingerprint density at radius 1 is 1.00 bits per heavy atom. The number of nitrogens with one attached hydrogen (secondary N) is 1. The highest BCUT2D eigenvalue weighted by Gasteiger charge is 2.29. The number of carbonyl (C=O) groups is 3. The first kappa shape index (κ1) is 15.2. The number of nitrogens with zero attached hydrogens (tertiary/aromatic N) is 1. The van der Waals surface area contributed by atoms with Crippen molar-refractivity contribution in [3.63, 3.8) is 0 Å². The molecule has 5 nitrogen and oxygen atoms in total. The number of allylic oxidation sites excluding steroid dienone is 2. The second kappa shape index (κ2) is 6.20.